The van der Waals surface area contributed by atoms with Gasteiger partial charge in [0.2, 0.25) is 0 Å². The maximum absolute atomic E-state index is 6.65. The summed E-state index contributed by atoms with van der Waals surface area (Å²) in [7, 11) is 6.04. The van der Waals surface area contributed by atoms with Crippen molar-refractivity contribution in [1.29, 1.82) is 0 Å². The van der Waals surface area contributed by atoms with E-state index >= 15 is 0 Å². The lowest BCUT2D eigenvalue weighted by Crippen LogP contribution is -2.27. The highest BCUT2D eigenvalue weighted by atomic mass is 14.9. The Bertz CT molecular complexity index is 667. The van der Waals surface area contributed by atoms with Gasteiger partial charge in [0, 0.05) is 18.1 Å². The van der Waals surface area contributed by atoms with Gasteiger partial charge in [0.05, 0.1) is 0 Å². The fraction of sp³-hybridized carbons (Fsp3) is 0.833. The lowest BCUT2D eigenvalue weighted by Gasteiger charge is -2.18. The third-order valence-electron chi connectivity index (χ3n) is 8.48. The summed E-state index contributed by atoms with van der Waals surface area (Å²) in [6.45, 7) is 9.65. The summed E-state index contributed by atoms with van der Waals surface area (Å²) in [4.78, 5) is 0. The lowest BCUT2D eigenvalue weighted by molar-refractivity contribution is 0.530. The molecule has 9 heteroatoms. The number of rotatable bonds is 33. The van der Waals surface area contributed by atoms with Gasteiger partial charge < -0.3 is 49.1 Å². The second-order valence-corrected chi connectivity index (χ2v) is 13.2. The van der Waals surface area contributed by atoms with Crippen molar-refractivity contribution in [1.82, 2.24) is 31.9 Å². The van der Waals surface area contributed by atoms with Crippen LogP contribution in [0.3, 0.4) is 0 Å². The number of nitrogens with one attached hydrogen (secondary N) is 6. The Morgan fingerprint density at radius 1 is 0.400 bits per heavy atom. The molecule has 0 aliphatic heterocycles. The third kappa shape index (κ3) is 25.6. The first-order valence-corrected chi connectivity index (χ1v) is 18.4. The molecule has 12 N–H and O–H groups in total. The van der Waals surface area contributed by atoms with Crippen molar-refractivity contribution in [2.24, 2.45) is 17.2 Å². The van der Waals surface area contributed by atoms with Crippen LogP contribution in [0.25, 0.3) is 0 Å². The molecule has 0 aromatic heterocycles. The Labute approximate surface area is 278 Å². The van der Waals surface area contributed by atoms with Gasteiger partial charge in [-0.3, -0.25) is 0 Å². The van der Waals surface area contributed by atoms with Gasteiger partial charge in [0.1, 0.15) is 0 Å². The number of hydrogen-bond acceptors (Lipinski definition) is 9. The Morgan fingerprint density at radius 3 is 0.911 bits per heavy atom. The SMILES string of the molecule is CNCCCCNCCCC(N)Cc1cc(CC(N)CCCNCCCCNC)cc(CC(N)CCCNCCCCNC)c1. The van der Waals surface area contributed by atoms with Crippen molar-refractivity contribution in [3.8, 4) is 0 Å². The second-order valence-electron chi connectivity index (χ2n) is 13.2. The Kier molecular flexibility index (Phi) is 28.1. The molecule has 1 aromatic rings. The van der Waals surface area contributed by atoms with Crippen molar-refractivity contribution in [2.45, 2.75) is 114 Å². The fourth-order valence-electron chi connectivity index (χ4n) is 5.91. The number of unbranched alkanes of at least 4 members (excludes halogenated alkanes) is 3. The first-order valence-electron chi connectivity index (χ1n) is 18.4. The number of hydrogen-bond donors (Lipinski definition) is 9. The standard InChI is InChI=1S/C36H75N9/c1-40-16-4-7-19-43-22-10-13-34(37)28-31-25-32(29-35(38)14-11-23-44-20-8-5-17-41-2)27-33(26-31)30-36(39)15-12-24-45-21-9-6-18-42-3/h25-27,34-36,40-45H,4-24,28-30,37-39H2,1-3H3. The zero-order chi connectivity index (χ0) is 32.8. The maximum atomic E-state index is 6.65. The van der Waals surface area contributed by atoms with Crippen LogP contribution in [0.5, 0.6) is 0 Å². The molecular weight excluding hydrogens is 558 g/mol. The lowest BCUT2D eigenvalue weighted by atomic mass is 9.92. The van der Waals surface area contributed by atoms with E-state index in [1.807, 2.05) is 21.1 Å². The molecule has 3 atom stereocenters. The molecule has 0 fully saturated rings. The largest absolute Gasteiger partial charge is 0.327 e. The van der Waals surface area contributed by atoms with Gasteiger partial charge in [0.25, 0.3) is 0 Å². The molecule has 0 aliphatic rings. The molecule has 0 bridgehead atoms. The molecule has 0 amide bonds. The molecule has 0 spiro atoms. The van der Waals surface area contributed by atoms with E-state index in [0.29, 0.717) is 0 Å². The van der Waals surface area contributed by atoms with Crippen LogP contribution in [0.15, 0.2) is 18.2 Å². The maximum Gasteiger partial charge on any atom is 0.00797 e. The molecule has 0 heterocycles. The molecule has 9 nitrogen and oxygen atoms in total. The molecule has 0 saturated carbocycles. The van der Waals surface area contributed by atoms with Crippen molar-refractivity contribution in [3.63, 3.8) is 0 Å². The highest BCUT2D eigenvalue weighted by Gasteiger charge is 2.12. The molecule has 1 aromatic carbocycles. The summed E-state index contributed by atoms with van der Waals surface area (Å²) >= 11 is 0. The van der Waals surface area contributed by atoms with Gasteiger partial charge in [-0.15, -0.1) is 0 Å². The summed E-state index contributed by atoms with van der Waals surface area (Å²) in [5.41, 5.74) is 23.9. The second kappa shape index (κ2) is 30.2. The molecule has 3 unspecified atom stereocenters. The minimum absolute atomic E-state index is 0.167. The van der Waals surface area contributed by atoms with Gasteiger partial charge in [0.15, 0.2) is 0 Å². The average Bonchev–Trinajstić information content (AvgIpc) is 3.01. The molecular formula is C36H75N9. The van der Waals surface area contributed by atoms with Gasteiger partial charge in [-0.05, 0) is 193 Å². The quantitative estimate of drug-likeness (QED) is 0.0532. The summed E-state index contributed by atoms with van der Waals surface area (Å²) < 4.78 is 0. The van der Waals surface area contributed by atoms with E-state index in [2.05, 4.69) is 50.1 Å². The van der Waals surface area contributed by atoms with Crippen LogP contribution >= 0.6 is 0 Å². The summed E-state index contributed by atoms with van der Waals surface area (Å²) in [6, 6.07) is 7.56. The third-order valence-corrected chi connectivity index (χ3v) is 8.48. The monoisotopic (exact) mass is 634 g/mol. The van der Waals surface area contributed by atoms with Crippen molar-refractivity contribution in [2.75, 3.05) is 80.0 Å². The van der Waals surface area contributed by atoms with Crippen molar-refractivity contribution < 1.29 is 0 Å². The molecule has 0 radical (unpaired) electrons. The molecule has 1 rings (SSSR count). The van der Waals surface area contributed by atoms with Gasteiger partial charge in [-0.1, -0.05) is 18.2 Å². The normalized spacial score (nSPS) is 13.7. The average molecular weight is 634 g/mol. The minimum atomic E-state index is 0.167. The molecule has 0 aliphatic carbocycles. The smallest absolute Gasteiger partial charge is 0.00797 e. The van der Waals surface area contributed by atoms with Crippen LogP contribution in [-0.2, 0) is 19.3 Å². The van der Waals surface area contributed by atoms with Crippen LogP contribution in [0.1, 0.15) is 93.7 Å². The van der Waals surface area contributed by atoms with Crippen LogP contribution in [0.2, 0.25) is 0 Å². The van der Waals surface area contributed by atoms with Crippen molar-refractivity contribution >= 4 is 0 Å². The van der Waals surface area contributed by atoms with Crippen LogP contribution in [-0.4, -0.2) is 98.2 Å². The summed E-state index contributed by atoms with van der Waals surface area (Å²) in [5, 5.41) is 20.3. The number of benzene rings is 1. The topological polar surface area (TPSA) is 150 Å². The first-order chi connectivity index (χ1) is 22.0. The van der Waals surface area contributed by atoms with E-state index in [4.69, 9.17) is 17.2 Å². The predicted octanol–water partition coefficient (Wildman–Crippen LogP) is 2.40. The van der Waals surface area contributed by atoms with E-state index in [0.717, 1.165) is 117 Å². The molecule has 45 heavy (non-hydrogen) atoms. The summed E-state index contributed by atoms with van der Waals surface area (Å²) in [5.74, 6) is 0. The van der Waals surface area contributed by atoms with Crippen LogP contribution in [0, 0.1) is 0 Å². The van der Waals surface area contributed by atoms with Gasteiger partial charge >= 0.3 is 0 Å². The Balaban J connectivity index is 2.59. The highest BCUT2D eigenvalue weighted by Crippen LogP contribution is 2.18. The predicted molar refractivity (Wildman–Crippen MR) is 197 cm³/mol. The number of nitrogens with two attached hydrogens (primary N) is 3. The van der Waals surface area contributed by atoms with E-state index in [-0.39, 0.29) is 18.1 Å². The van der Waals surface area contributed by atoms with Crippen LogP contribution < -0.4 is 49.1 Å². The minimum Gasteiger partial charge on any atom is -0.327 e. The van der Waals surface area contributed by atoms with E-state index in [1.165, 1.54) is 55.2 Å². The first kappa shape index (κ1) is 41.9. The zero-order valence-electron chi connectivity index (χ0n) is 29.7. The van der Waals surface area contributed by atoms with E-state index in [1.54, 1.807) is 0 Å². The Morgan fingerprint density at radius 2 is 0.644 bits per heavy atom. The van der Waals surface area contributed by atoms with Gasteiger partial charge in [-0.25, -0.2) is 0 Å². The van der Waals surface area contributed by atoms with E-state index < -0.39 is 0 Å². The van der Waals surface area contributed by atoms with Gasteiger partial charge in [-0.2, -0.15) is 0 Å². The Hall–Kier alpha value is -1.14. The highest BCUT2D eigenvalue weighted by molar-refractivity contribution is 5.32. The van der Waals surface area contributed by atoms with Crippen LogP contribution in [0.4, 0.5) is 0 Å². The molecule has 264 valence electrons. The zero-order valence-corrected chi connectivity index (χ0v) is 29.7. The molecule has 0 saturated heterocycles. The summed E-state index contributed by atoms with van der Waals surface area (Å²) in [6.07, 6.45) is 16.5. The fourth-order valence-corrected chi connectivity index (χ4v) is 5.91. The van der Waals surface area contributed by atoms with Crippen molar-refractivity contribution in [3.05, 3.63) is 34.9 Å². The van der Waals surface area contributed by atoms with E-state index in [9.17, 15) is 0 Å².